The van der Waals surface area contributed by atoms with Crippen LogP contribution in [0.15, 0.2) is 0 Å². The van der Waals surface area contributed by atoms with Crippen LogP contribution in [0.4, 0.5) is 0 Å². The van der Waals surface area contributed by atoms with E-state index >= 15 is 0 Å². The van der Waals surface area contributed by atoms with Gasteiger partial charge >= 0.3 is 0 Å². The fraction of sp³-hybridized carbons (Fsp3) is 1.00. The first kappa shape index (κ1) is 6.66. The van der Waals surface area contributed by atoms with Gasteiger partial charge in [-0.25, -0.2) is 0 Å². The van der Waals surface area contributed by atoms with Gasteiger partial charge in [-0.15, -0.1) is 0 Å². The van der Waals surface area contributed by atoms with Gasteiger partial charge in [0.2, 0.25) is 0 Å². The van der Waals surface area contributed by atoms with Crippen LogP contribution in [0.1, 0.15) is 45.4 Å². The monoisotopic (exact) mass is 140 g/mol. The highest BCUT2D eigenvalue weighted by Crippen LogP contribution is 2.59. The summed E-state index contributed by atoms with van der Waals surface area (Å²) < 4.78 is 0. The van der Waals surface area contributed by atoms with Crippen LogP contribution in [0.25, 0.3) is 0 Å². The maximum Gasteiger partial charge on any atom is 0.0675 e. The minimum atomic E-state index is -0.302. The zero-order valence-electron chi connectivity index (χ0n) is 6.69. The SMILES string of the molecule is CC1(O)CCC12CCCC2. The second-order valence-corrected chi connectivity index (χ2v) is 4.26. The van der Waals surface area contributed by atoms with Gasteiger partial charge in [0.05, 0.1) is 5.60 Å². The van der Waals surface area contributed by atoms with Crippen molar-refractivity contribution in [3.8, 4) is 0 Å². The van der Waals surface area contributed by atoms with Crippen molar-refractivity contribution in [2.45, 2.75) is 51.0 Å². The maximum absolute atomic E-state index is 9.86. The third-order valence-electron chi connectivity index (χ3n) is 3.79. The van der Waals surface area contributed by atoms with E-state index in [1.54, 1.807) is 0 Å². The van der Waals surface area contributed by atoms with Gasteiger partial charge in [0.1, 0.15) is 0 Å². The Labute approximate surface area is 62.4 Å². The summed E-state index contributed by atoms with van der Waals surface area (Å²) in [5, 5.41) is 9.86. The zero-order chi connectivity index (χ0) is 7.24. The molecule has 1 unspecified atom stereocenters. The van der Waals surface area contributed by atoms with Crippen molar-refractivity contribution in [2.24, 2.45) is 5.41 Å². The second-order valence-electron chi connectivity index (χ2n) is 4.26. The molecular formula is C9H16O. The van der Waals surface area contributed by atoms with Gasteiger partial charge in [0, 0.05) is 0 Å². The minimum Gasteiger partial charge on any atom is -0.390 e. The van der Waals surface area contributed by atoms with Crippen LogP contribution in [-0.4, -0.2) is 10.7 Å². The van der Waals surface area contributed by atoms with Crippen LogP contribution in [0.2, 0.25) is 0 Å². The second kappa shape index (κ2) is 1.76. The average Bonchev–Trinajstić information content (AvgIpc) is 2.34. The number of rotatable bonds is 0. The molecule has 1 nitrogen and oxygen atoms in total. The molecule has 2 rings (SSSR count). The Hall–Kier alpha value is -0.0400. The van der Waals surface area contributed by atoms with Crippen LogP contribution in [-0.2, 0) is 0 Å². The van der Waals surface area contributed by atoms with Crippen molar-refractivity contribution in [1.82, 2.24) is 0 Å². The smallest absolute Gasteiger partial charge is 0.0675 e. The Morgan fingerprint density at radius 1 is 1.00 bits per heavy atom. The zero-order valence-corrected chi connectivity index (χ0v) is 6.69. The molecule has 1 spiro atoms. The van der Waals surface area contributed by atoms with Gasteiger partial charge in [0.25, 0.3) is 0 Å². The van der Waals surface area contributed by atoms with Crippen LogP contribution in [0.5, 0.6) is 0 Å². The molecule has 2 aliphatic rings. The summed E-state index contributed by atoms with van der Waals surface area (Å²) in [6.07, 6.45) is 7.55. The Bertz CT molecular complexity index is 143. The average molecular weight is 140 g/mol. The summed E-state index contributed by atoms with van der Waals surface area (Å²) in [4.78, 5) is 0. The standard InChI is InChI=1S/C9H16O/c1-8(10)6-7-9(8)4-2-3-5-9/h10H,2-7H2,1H3. The highest BCUT2D eigenvalue weighted by molar-refractivity contribution is 5.07. The molecule has 1 heteroatoms. The summed E-state index contributed by atoms with van der Waals surface area (Å²) >= 11 is 0. The molecule has 1 N–H and O–H groups in total. The van der Waals surface area contributed by atoms with E-state index in [1.807, 2.05) is 6.92 Å². The molecule has 0 radical (unpaired) electrons. The van der Waals surface area contributed by atoms with Gasteiger partial charge < -0.3 is 5.11 Å². The highest BCUT2D eigenvalue weighted by atomic mass is 16.3. The fourth-order valence-corrected chi connectivity index (χ4v) is 2.68. The van der Waals surface area contributed by atoms with E-state index < -0.39 is 0 Å². The summed E-state index contributed by atoms with van der Waals surface area (Å²) in [6.45, 7) is 2.02. The first-order valence-corrected chi connectivity index (χ1v) is 4.39. The van der Waals surface area contributed by atoms with Crippen LogP contribution in [0.3, 0.4) is 0 Å². The van der Waals surface area contributed by atoms with Gasteiger partial charge in [0.15, 0.2) is 0 Å². The van der Waals surface area contributed by atoms with E-state index in [1.165, 1.54) is 32.1 Å². The molecule has 2 fully saturated rings. The first-order chi connectivity index (χ1) is 4.66. The fourth-order valence-electron chi connectivity index (χ4n) is 2.68. The van der Waals surface area contributed by atoms with Crippen molar-refractivity contribution in [3.63, 3.8) is 0 Å². The highest BCUT2D eigenvalue weighted by Gasteiger charge is 2.55. The quantitative estimate of drug-likeness (QED) is 0.546. The number of hydrogen-bond donors (Lipinski definition) is 1. The molecule has 58 valence electrons. The molecule has 0 bridgehead atoms. The predicted molar refractivity (Wildman–Crippen MR) is 40.8 cm³/mol. The Kier molecular flexibility index (Phi) is 1.17. The lowest BCUT2D eigenvalue weighted by Gasteiger charge is -2.53. The van der Waals surface area contributed by atoms with Gasteiger partial charge in [-0.05, 0) is 38.0 Å². The van der Waals surface area contributed by atoms with E-state index in [0.717, 1.165) is 6.42 Å². The molecule has 0 aromatic heterocycles. The summed E-state index contributed by atoms with van der Waals surface area (Å²) in [5.74, 6) is 0. The first-order valence-electron chi connectivity index (χ1n) is 4.39. The maximum atomic E-state index is 9.86. The van der Waals surface area contributed by atoms with Crippen molar-refractivity contribution < 1.29 is 5.11 Å². The third-order valence-corrected chi connectivity index (χ3v) is 3.79. The largest absolute Gasteiger partial charge is 0.390 e. The molecule has 0 heterocycles. The predicted octanol–water partition coefficient (Wildman–Crippen LogP) is 2.09. The molecule has 2 aliphatic carbocycles. The molecule has 1 atom stereocenters. The minimum absolute atomic E-state index is 0.302. The lowest BCUT2D eigenvalue weighted by molar-refractivity contribution is -0.150. The molecule has 2 saturated carbocycles. The van der Waals surface area contributed by atoms with E-state index in [2.05, 4.69) is 0 Å². The van der Waals surface area contributed by atoms with E-state index in [9.17, 15) is 5.11 Å². The number of hydrogen-bond acceptors (Lipinski definition) is 1. The van der Waals surface area contributed by atoms with Crippen molar-refractivity contribution in [1.29, 1.82) is 0 Å². The lowest BCUT2D eigenvalue weighted by atomic mass is 9.56. The third kappa shape index (κ3) is 0.619. The Balaban J connectivity index is 2.15. The van der Waals surface area contributed by atoms with Crippen molar-refractivity contribution in [2.75, 3.05) is 0 Å². The van der Waals surface area contributed by atoms with E-state index in [0.29, 0.717) is 5.41 Å². The molecular weight excluding hydrogens is 124 g/mol. The topological polar surface area (TPSA) is 20.2 Å². The number of aliphatic hydroxyl groups is 1. The lowest BCUT2D eigenvalue weighted by Crippen LogP contribution is -2.53. The normalized spacial score (nSPS) is 43.8. The molecule has 10 heavy (non-hydrogen) atoms. The summed E-state index contributed by atoms with van der Waals surface area (Å²) in [5.41, 5.74) is 0.0660. The van der Waals surface area contributed by atoms with Crippen molar-refractivity contribution >= 4 is 0 Å². The molecule has 0 amide bonds. The Morgan fingerprint density at radius 3 is 1.80 bits per heavy atom. The molecule has 0 aromatic rings. The summed E-state index contributed by atoms with van der Waals surface area (Å²) in [6, 6.07) is 0. The van der Waals surface area contributed by atoms with Gasteiger partial charge in [-0.1, -0.05) is 12.8 Å². The van der Waals surface area contributed by atoms with Crippen LogP contribution in [0, 0.1) is 5.41 Å². The Morgan fingerprint density at radius 2 is 1.60 bits per heavy atom. The molecule has 0 saturated heterocycles. The molecule has 0 aromatic carbocycles. The van der Waals surface area contributed by atoms with Gasteiger partial charge in [-0.2, -0.15) is 0 Å². The van der Waals surface area contributed by atoms with Crippen LogP contribution < -0.4 is 0 Å². The molecule has 0 aliphatic heterocycles. The van der Waals surface area contributed by atoms with Gasteiger partial charge in [-0.3, -0.25) is 0 Å². The van der Waals surface area contributed by atoms with Crippen LogP contribution >= 0.6 is 0 Å². The van der Waals surface area contributed by atoms with E-state index in [4.69, 9.17) is 0 Å². The summed E-state index contributed by atoms with van der Waals surface area (Å²) in [7, 11) is 0. The van der Waals surface area contributed by atoms with E-state index in [-0.39, 0.29) is 5.60 Å². The van der Waals surface area contributed by atoms with Crippen molar-refractivity contribution in [3.05, 3.63) is 0 Å².